The van der Waals surface area contributed by atoms with Crippen LogP contribution in [0.2, 0.25) is 0 Å². The highest BCUT2D eigenvalue weighted by molar-refractivity contribution is 6.30. The van der Waals surface area contributed by atoms with Crippen molar-refractivity contribution < 1.29 is 24.6 Å². The zero-order valence-corrected chi connectivity index (χ0v) is 16.7. The number of carboxylic acid groups (broad SMARTS) is 2. The summed E-state index contributed by atoms with van der Waals surface area (Å²) in [6.07, 6.45) is 0. The van der Waals surface area contributed by atoms with Crippen LogP contribution in [0.25, 0.3) is 33.4 Å². The number of benzene rings is 4. The van der Waals surface area contributed by atoms with Gasteiger partial charge in [0.1, 0.15) is 0 Å². The normalized spacial score (nSPS) is 11.7. The standard InChI is InChI=1S/C27H16O5/c28-25-18-14-8-7-13-17(18)21-22(25)24(27(31)32)20(16-11-5-2-6-12-16)19(23(21)26(29)30)15-9-3-1-4-10-15/h1-14H,(H,29,30)(H,31,32). The number of hydrogen-bond donors (Lipinski definition) is 2. The second kappa shape index (κ2) is 7.32. The zero-order chi connectivity index (χ0) is 22.4. The molecular weight excluding hydrogens is 404 g/mol. The third-order valence-electron chi connectivity index (χ3n) is 5.72. The molecule has 5 nitrogen and oxygen atoms in total. The van der Waals surface area contributed by atoms with Crippen LogP contribution in [0, 0.1) is 0 Å². The Hall–Kier alpha value is -4.51. The molecule has 0 heterocycles. The molecule has 0 radical (unpaired) electrons. The second-order valence-corrected chi connectivity index (χ2v) is 7.47. The quantitative estimate of drug-likeness (QED) is 0.393. The summed E-state index contributed by atoms with van der Waals surface area (Å²) in [6.45, 7) is 0. The monoisotopic (exact) mass is 420 g/mol. The van der Waals surface area contributed by atoms with Crippen molar-refractivity contribution >= 4 is 17.7 Å². The van der Waals surface area contributed by atoms with Crippen LogP contribution in [0.5, 0.6) is 0 Å². The Kier molecular flexibility index (Phi) is 4.45. The topological polar surface area (TPSA) is 91.7 Å². The fraction of sp³-hybridized carbons (Fsp3) is 0. The molecule has 0 aromatic heterocycles. The summed E-state index contributed by atoms with van der Waals surface area (Å²) in [5.74, 6) is -2.98. The first-order valence-electron chi connectivity index (χ1n) is 9.96. The van der Waals surface area contributed by atoms with Crippen molar-refractivity contribution in [2.75, 3.05) is 0 Å². The highest BCUT2D eigenvalue weighted by atomic mass is 16.4. The lowest BCUT2D eigenvalue weighted by atomic mass is 9.81. The van der Waals surface area contributed by atoms with Gasteiger partial charge in [-0.15, -0.1) is 0 Å². The fourth-order valence-electron chi connectivity index (χ4n) is 4.49. The molecule has 1 aliphatic carbocycles. The van der Waals surface area contributed by atoms with Crippen molar-refractivity contribution in [3.63, 3.8) is 0 Å². The molecule has 2 N–H and O–H groups in total. The highest BCUT2D eigenvalue weighted by Gasteiger charge is 2.39. The molecule has 154 valence electrons. The predicted molar refractivity (Wildman–Crippen MR) is 120 cm³/mol. The SMILES string of the molecule is O=C1c2ccccc2-c2c1c(C(=O)O)c(-c1ccccc1)c(-c1ccccc1)c2C(=O)O. The van der Waals surface area contributed by atoms with Gasteiger partial charge in [0.2, 0.25) is 0 Å². The Labute approximate surface area is 183 Å². The second-order valence-electron chi connectivity index (χ2n) is 7.47. The number of ketones is 1. The van der Waals surface area contributed by atoms with E-state index in [0.29, 0.717) is 22.3 Å². The van der Waals surface area contributed by atoms with Gasteiger partial charge < -0.3 is 10.2 Å². The van der Waals surface area contributed by atoms with E-state index < -0.39 is 17.7 Å². The van der Waals surface area contributed by atoms with E-state index in [0.717, 1.165) is 0 Å². The number of carbonyl (C=O) groups is 3. The third-order valence-corrected chi connectivity index (χ3v) is 5.72. The number of fused-ring (bicyclic) bond motifs is 3. The lowest BCUT2D eigenvalue weighted by molar-refractivity contribution is 0.0681. The van der Waals surface area contributed by atoms with Gasteiger partial charge in [-0.1, -0.05) is 84.9 Å². The van der Waals surface area contributed by atoms with E-state index in [2.05, 4.69) is 0 Å². The summed E-state index contributed by atoms with van der Waals surface area (Å²) in [4.78, 5) is 38.7. The number of aromatic carboxylic acids is 2. The van der Waals surface area contributed by atoms with E-state index in [1.165, 1.54) is 0 Å². The van der Waals surface area contributed by atoms with Crippen LogP contribution in [0.3, 0.4) is 0 Å². The van der Waals surface area contributed by atoms with Crippen LogP contribution in [-0.2, 0) is 0 Å². The van der Waals surface area contributed by atoms with Crippen molar-refractivity contribution in [3.8, 4) is 33.4 Å². The van der Waals surface area contributed by atoms with Crippen LogP contribution in [-0.4, -0.2) is 27.9 Å². The first kappa shape index (κ1) is 19.5. The van der Waals surface area contributed by atoms with Crippen molar-refractivity contribution in [2.24, 2.45) is 0 Å². The van der Waals surface area contributed by atoms with E-state index >= 15 is 0 Å². The minimum absolute atomic E-state index is 0.0744. The predicted octanol–water partition coefficient (Wildman–Crippen LogP) is 5.63. The molecule has 0 saturated carbocycles. The molecule has 5 heteroatoms. The van der Waals surface area contributed by atoms with Gasteiger partial charge in [0.25, 0.3) is 0 Å². The summed E-state index contributed by atoms with van der Waals surface area (Å²) in [5.41, 5.74) is 2.16. The number of carbonyl (C=O) groups excluding carboxylic acids is 1. The molecule has 0 aliphatic heterocycles. The van der Waals surface area contributed by atoms with Gasteiger partial charge in [-0.25, -0.2) is 9.59 Å². The van der Waals surface area contributed by atoms with E-state index in [1.807, 2.05) is 0 Å². The van der Waals surface area contributed by atoms with Crippen molar-refractivity contribution in [1.82, 2.24) is 0 Å². The Morgan fingerprint density at radius 1 is 0.500 bits per heavy atom. The minimum atomic E-state index is -1.28. The molecular formula is C27H16O5. The number of carboxylic acids is 2. The van der Waals surface area contributed by atoms with Gasteiger partial charge in [0.05, 0.1) is 11.1 Å². The van der Waals surface area contributed by atoms with Gasteiger partial charge in [0, 0.05) is 27.8 Å². The van der Waals surface area contributed by atoms with Crippen molar-refractivity contribution in [3.05, 3.63) is 107 Å². The van der Waals surface area contributed by atoms with Crippen LogP contribution in [0.4, 0.5) is 0 Å². The molecule has 0 fully saturated rings. The van der Waals surface area contributed by atoms with Gasteiger partial charge >= 0.3 is 11.9 Å². The van der Waals surface area contributed by atoms with Crippen molar-refractivity contribution in [1.29, 1.82) is 0 Å². The van der Waals surface area contributed by atoms with Gasteiger partial charge in [-0.2, -0.15) is 0 Å². The minimum Gasteiger partial charge on any atom is -0.478 e. The molecule has 0 saturated heterocycles. The van der Waals surface area contributed by atoms with E-state index in [1.54, 1.807) is 84.9 Å². The third kappa shape index (κ3) is 2.76. The van der Waals surface area contributed by atoms with E-state index in [4.69, 9.17) is 0 Å². The molecule has 5 rings (SSSR count). The lowest BCUT2D eigenvalue weighted by Gasteiger charge is -2.21. The average Bonchev–Trinajstić information content (AvgIpc) is 3.11. The Morgan fingerprint density at radius 3 is 1.38 bits per heavy atom. The Balaban J connectivity index is 2.08. The maximum atomic E-state index is 13.4. The van der Waals surface area contributed by atoms with Crippen LogP contribution in [0.15, 0.2) is 84.9 Å². The molecule has 4 aromatic rings. The van der Waals surface area contributed by atoms with Crippen LogP contribution in [0.1, 0.15) is 36.6 Å². The smallest absolute Gasteiger partial charge is 0.337 e. The van der Waals surface area contributed by atoms with E-state index in [9.17, 15) is 24.6 Å². The maximum Gasteiger partial charge on any atom is 0.337 e. The molecule has 0 amide bonds. The number of hydrogen-bond acceptors (Lipinski definition) is 3. The summed E-state index contributed by atoms with van der Waals surface area (Å²) in [6, 6.07) is 24.2. The molecule has 1 aliphatic rings. The lowest BCUT2D eigenvalue weighted by Crippen LogP contribution is -2.14. The summed E-state index contributed by atoms with van der Waals surface area (Å²) < 4.78 is 0. The largest absolute Gasteiger partial charge is 0.478 e. The average molecular weight is 420 g/mol. The summed E-state index contributed by atoms with van der Waals surface area (Å²) >= 11 is 0. The van der Waals surface area contributed by atoms with E-state index in [-0.39, 0.29) is 33.4 Å². The number of rotatable bonds is 4. The Bertz CT molecular complexity index is 1420. The molecule has 0 bridgehead atoms. The highest BCUT2D eigenvalue weighted by Crippen LogP contribution is 2.49. The Morgan fingerprint density at radius 2 is 0.906 bits per heavy atom. The summed E-state index contributed by atoms with van der Waals surface area (Å²) in [5, 5.41) is 20.6. The summed E-state index contributed by atoms with van der Waals surface area (Å²) in [7, 11) is 0. The molecule has 0 unspecified atom stereocenters. The van der Waals surface area contributed by atoms with Gasteiger partial charge in [-0.05, 0) is 16.7 Å². The van der Waals surface area contributed by atoms with Gasteiger partial charge in [0.15, 0.2) is 5.78 Å². The van der Waals surface area contributed by atoms with Gasteiger partial charge in [-0.3, -0.25) is 4.79 Å². The van der Waals surface area contributed by atoms with Crippen molar-refractivity contribution in [2.45, 2.75) is 0 Å². The first-order chi connectivity index (χ1) is 15.5. The fourth-order valence-corrected chi connectivity index (χ4v) is 4.49. The van der Waals surface area contributed by atoms with Crippen LogP contribution >= 0.6 is 0 Å². The molecule has 32 heavy (non-hydrogen) atoms. The van der Waals surface area contributed by atoms with Crippen LogP contribution < -0.4 is 0 Å². The molecule has 0 atom stereocenters. The zero-order valence-electron chi connectivity index (χ0n) is 16.7. The molecule has 0 spiro atoms. The first-order valence-corrected chi connectivity index (χ1v) is 9.96. The maximum absolute atomic E-state index is 13.4. The molecule has 4 aromatic carbocycles.